The molecule has 3 heteroatoms. The van der Waals surface area contributed by atoms with Gasteiger partial charge in [-0.25, -0.2) is 8.42 Å². The summed E-state index contributed by atoms with van der Waals surface area (Å²) in [5.41, 5.74) is 1.68. The van der Waals surface area contributed by atoms with Crippen molar-refractivity contribution in [1.82, 2.24) is 0 Å². The van der Waals surface area contributed by atoms with Crippen molar-refractivity contribution in [2.24, 2.45) is 0 Å². The largest absolute Gasteiger partial charge is 0.224 e. The van der Waals surface area contributed by atoms with Crippen LogP contribution in [-0.2, 0) is 15.6 Å². The van der Waals surface area contributed by atoms with Gasteiger partial charge in [-0.15, -0.1) is 0 Å². The van der Waals surface area contributed by atoms with Crippen LogP contribution in [-0.4, -0.2) is 8.42 Å². The highest BCUT2D eigenvalue weighted by Gasteiger charge is 2.06. The van der Waals surface area contributed by atoms with E-state index < -0.39 is 9.84 Å². The summed E-state index contributed by atoms with van der Waals surface area (Å²) >= 11 is 0. The second-order valence-electron chi connectivity index (χ2n) is 4.01. The molecule has 0 radical (unpaired) electrons. The number of hydrogen-bond donors (Lipinski definition) is 0. The van der Waals surface area contributed by atoms with Crippen LogP contribution in [0.4, 0.5) is 0 Å². The van der Waals surface area contributed by atoms with Gasteiger partial charge in [-0.2, -0.15) is 0 Å². The van der Waals surface area contributed by atoms with Crippen molar-refractivity contribution in [2.75, 3.05) is 0 Å². The van der Waals surface area contributed by atoms with E-state index in [4.69, 9.17) is 0 Å². The Morgan fingerprint density at radius 3 is 2.00 bits per heavy atom. The number of hydrogen-bond acceptors (Lipinski definition) is 2. The van der Waals surface area contributed by atoms with Gasteiger partial charge in [0.05, 0.1) is 5.75 Å². The Morgan fingerprint density at radius 2 is 1.39 bits per heavy atom. The van der Waals surface area contributed by atoms with Crippen LogP contribution in [0.25, 0.3) is 6.08 Å². The normalized spacial score (nSPS) is 11.8. The van der Waals surface area contributed by atoms with E-state index in [0.717, 1.165) is 11.1 Å². The summed E-state index contributed by atoms with van der Waals surface area (Å²) < 4.78 is 23.8. The summed E-state index contributed by atoms with van der Waals surface area (Å²) in [6.07, 6.45) is 1.62. The second-order valence-corrected chi connectivity index (χ2v) is 5.89. The highest BCUT2D eigenvalue weighted by atomic mass is 32.2. The SMILES string of the molecule is O=S(=O)(C=Cc1ccccc1)Cc1ccccc1. The molecule has 18 heavy (non-hydrogen) atoms. The average molecular weight is 258 g/mol. The highest BCUT2D eigenvalue weighted by Crippen LogP contribution is 2.09. The van der Waals surface area contributed by atoms with E-state index in [9.17, 15) is 8.42 Å². The first-order chi connectivity index (χ1) is 8.66. The number of rotatable bonds is 4. The third-order valence-corrected chi connectivity index (χ3v) is 3.76. The minimum atomic E-state index is -3.21. The minimum absolute atomic E-state index is 0.0389. The van der Waals surface area contributed by atoms with E-state index in [0.29, 0.717) is 0 Å². The van der Waals surface area contributed by atoms with Gasteiger partial charge in [-0.1, -0.05) is 60.7 Å². The predicted octanol–water partition coefficient (Wildman–Crippen LogP) is 3.27. The number of benzene rings is 2. The molecule has 0 aliphatic rings. The van der Waals surface area contributed by atoms with Crippen LogP contribution in [0.2, 0.25) is 0 Å². The molecule has 0 saturated carbocycles. The van der Waals surface area contributed by atoms with E-state index in [2.05, 4.69) is 0 Å². The van der Waals surface area contributed by atoms with Gasteiger partial charge in [0.1, 0.15) is 0 Å². The Hall–Kier alpha value is -1.87. The van der Waals surface area contributed by atoms with Crippen molar-refractivity contribution < 1.29 is 8.42 Å². The summed E-state index contributed by atoms with van der Waals surface area (Å²) in [7, 11) is -3.21. The summed E-state index contributed by atoms with van der Waals surface area (Å²) in [5.74, 6) is 0.0389. The molecule has 0 spiro atoms. The zero-order valence-electron chi connectivity index (χ0n) is 9.86. The molecule has 0 aliphatic carbocycles. The average Bonchev–Trinajstić information content (AvgIpc) is 2.38. The van der Waals surface area contributed by atoms with Gasteiger partial charge in [-0.3, -0.25) is 0 Å². The molecule has 2 rings (SSSR count). The molecule has 92 valence electrons. The lowest BCUT2D eigenvalue weighted by atomic mass is 10.2. The molecule has 2 aromatic carbocycles. The van der Waals surface area contributed by atoms with E-state index >= 15 is 0 Å². The quantitative estimate of drug-likeness (QED) is 0.843. The maximum absolute atomic E-state index is 11.9. The summed E-state index contributed by atoms with van der Waals surface area (Å²) in [6, 6.07) is 18.6. The van der Waals surface area contributed by atoms with Crippen molar-refractivity contribution in [2.45, 2.75) is 5.75 Å². The Labute approximate surface area is 108 Å². The molecule has 0 heterocycles. The lowest BCUT2D eigenvalue weighted by molar-refractivity contribution is 0.604. The molecule has 0 amide bonds. The first kappa shape index (κ1) is 12.6. The predicted molar refractivity (Wildman–Crippen MR) is 74.5 cm³/mol. The minimum Gasteiger partial charge on any atom is -0.224 e. The Morgan fingerprint density at radius 1 is 0.833 bits per heavy atom. The summed E-state index contributed by atoms with van der Waals surface area (Å²) in [4.78, 5) is 0. The molecule has 0 saturated heterocycles. The van der Waals surface area contributed by atoms with E-state index in [-0.39, 0.29) is 5.75 Å². The van der Waals surface area contributed by atoms with Crippen molar-refractivity contribution in [1.29, 1.82) is 0 Å². The fourth-order valence-corrected chi connectivity index (χ4v) is 2.72. The fourth-order valence-electron chi connectivity index (χ4n) is 1.60. The lowest BCUT2D eigenvalue weighted by Gasteiger charge is -1.99. The van der Waals surface area contributed by atoms with Crippen molar-refractivity contribution in [3.05, 3.63) is 77.2 Å². The summed E-state index contributed by atoms with van der Waals surface area (Å²) in [5, 5.41) is 1.27. The fraction of sp³-hybridized carbons (Fsp3) is 0.0667. The van der Waals surface area contributed by atoms with Crippen LogP contribution in [0.5, 0.6) is 0 Å². The van der Waals surface area contributed by atoms with Gasteiger partial charge in [-0.05, 0) is 17.2 Å². The van der Waals surface area contributed by atoms with Crippen LogP contribution < -0.4 is 0 Å². The molecular weight excluding hydrogens is 244 g/mol. The molecule has 2 aromatic rings. The van der Waals surface area contributed by atoms with Crippen LogP contribution in [0, 0.1) is 0 Å². The van der Waals surface area contributed by atoms with Crippen molar-refractivity contribution >= 4 is 15.9 Å². The van der Waals surface area contributed by atoms with Gasteiger partial charge < -0.3 is 0 Å². The smallest absolute Gasteiger partial charge is 0.175 e. The van der Waals surface area contributed by atoms with E-state index in [1.54, 1.807) is 6.08 Å². The first-order valence-electron chi connectivity index (χ1n) is 5.65. The van der Waals surface area contributed by atoms with Gasteiger partial charge in [0.15, 0.2) is 9.84 Å². The van der Waals surface area contributed by atoms with Gasteiger partial charge >= 0.3 is 0 Å². The highest BCUT2D eigenvalue weighted by molar-refractivity contribution is 7.93. The number of sulfone groups is 1. The van der Waals surface area contributed by atoms with Crippen LogP contribution >= 0.6 is 0 Å². The van der Waals surface area contributed by atoms with Crippen LogP contribution in [0.15, 0.2) is 66.1 Å². The molecule has 0 atom stereocenters. The van der Waals surface area contributed by atoms with Gasteiger partial charge in [0.2, 0.25) is 0 Å². The van der Waals surface area contributed by atoms with E-state index in [1.165, 1.54) is 5.41 Å². The Bertz CT molecular complexity index is 614. The third kappa shape index (κ3) is 3.86. The second kappa shape index (κ2) is 5.65. The Balaban J connectivity index is 2.11. The molecular formula is C15H14O2S. The zero-order valence-corrected chi connectivity index (χ0v) is 10.7. The molecule has 0 unspecified atom stereocenters. The molecule has 0 bridgehead atoms. The van der Waals surface area contributed by atoms with Gasteiger partial charge in [0, 0.05) is 5.41 Å². The maximum atomic E-state index is 11.9. The first-order valence-corrected chi connectivity index (χ1v) is 7.37. The van der Waals surface area contributed by atoms with Crippen LogP contribution in [0.1, 0.15) is 11.1 Å². The molecule has 0 fully saturated rings. The molecule has 0 aromatic heterocycles. The van der Waals surface area contributed by atoms with Crippen LogP contribution in [0.3, 0.4) is 0 Å². The van der Waals surface area contributed by atoms with Crippen molar-refractivity contribution in [3.63, 3.8) is 0 Å². The maximum Gasteiger partial charge on any atom is 0.175 e. The Kier molecular flexibility index (Phi) is 3.95. The standard InChI is InChI=1S/C15H14O2S/c16-18(17,13-15-9-5-2-6-10-15)12-11-14-7-3-1-4-8-14/h1-12H,13H2. The van der Waals surface area contributed by atoms with E-state index in [1.807, 2.05) is 60.7 Å². The molecule has 0 N–H and O–H groups in total. The van der Waals surface area contributed by atoms with Gasteiger partial charge in [0.25, 0.3) is 0 Å². The zero-order chi connectivity index (χ0) is 12.8. The monoisotopic (exact) mass is 258 g/mol. The molecule has 2 nitrogen and oxygen atoms in total. The third-order valence-electron chi connectivity index (χ3n) is 2.48. The topological polar surface area (TPSA) is 34.1 Å². The molecule has 0 aliphatic heterocycles. The summed E-state index contributed by atoms with van der Waals surface area (Å²) in [6.45, 7) is 0. The van der Waals surface area contributed by atoms with Crippen molar-refractivity contribution in [3.8, 4) is 0 Å². The lowest BCUT2D eigenvalue weighted by Crippen LogP contribution is -1.99.